The van der Waals surface area contributed by atoms with Gasteiger partial charge in [0.05, 0.1) is 0 Å². The molecule has 0 saturated heterocycles. The molecular formula is C21H22FN2O+. The maximum atomic E-state index is 13.2. The fourth-order valence-corrected chi connectivity index (χ4v) is 3.11. The van der Waals surface area contributed by atoms with Gasteiger partial charge in [-0.3, -0.25) is 4.79 Å². The first-order chi connectivity index (χ1) is 12.0. The number of aromatic nitrogens is 2. The van der Waals surface area contributed by atoms with Gasteiger partial charge in [-0.15, -0.1) is 0 Å². The van der Waals surface area contributed by atoms with Crippen LogP contribution in [0.2, 0.25) is 0 Å². The van der Waals surface area contributed by atoms with Gasteiger partial charge in [0.1, 0.15) is 5.82 Å². The van der Waals surface area contributed by atoms with E-state index >= 15 is 0 Å². The minimum atomic E-state index is -0.269. The average Bonchev–Trinajstić information content (AvgIpc) is 2.91. The van der Waals surface area contributed by atoms with E-state index in [0.717, 1.165) is 23.5 Å². The maximum Gasteiger partial charge on any atom is 0.229 e. The van der Waals surface area contributed by atoms with Crippen LogP contribution < -0.4 is 4.57 Å². The van der Waals surface area contributed by atoms with Gasteiger partial charge in [0.2, 0.25) is 12.3 Å². The van der Waals surface area contributed by atoms with Crippen molar-refractivity contribution in [2.24, 2.45) is 0 Å². The van der Waals surface area contributed by atoms with Crippen LogP contribution in [0.25, 0.3) is 5.69 Å². The second kappa shape index (κ2) is 7.01. The molecule has 0 fully saturated rings. The van der Waals surface area contributed by atoms with Crippen molar-refractivity contribution in [3.05, 3.63) is 83.2 Å². The summed E-state index contributed by atoms with van der Waals surface area (Å²) in [4.78, 5) is 12.7. The highest BCUT2D eigenvalue weighted by Crippen LogP contribution is 2.21. The van der Waals surface area contributed by atoms with E-state index in [4.69, 9.17) is 0 Å². The van der Waals surface area contributed by atoms with Gasteiger partial charge in [0.15, 0.2) is 12.4 Å². The molecule has 25 heavy (non-hydrogen) atoms. The number of hydrogen-bond acceptors (Lipinski definition) is 1. The second-order valence-electron chi connectivity index (χ2n) is 6.25. The first-order valence-electron chi connectivity index (χ1n) is 8.45. The van der Waals surface area contributed by atoms with E-state index in [-0.39, 0.29) is 11.6 Å². The summed E-state index contributed by atoms with van der Waals surface area (Å²) in [7, 11) is 0. The van der Waals surface area contributed by atoms with E-state index in [9.17, 15) is 9.18 Å². The summed E-state index contributed by atoms with van der Waals surface area (Å²) in [6, 6.07) is 12.3. The summed E-state index contributed by atoms with van der Waals surface area (Å²) in [5, 5.41) is 0. The Hall–Kier alpha value is -2.75. The van der Waals surface area contributed by atoms with Gasteiger partial charge in [0.25, 0.3) is 0 Å². The number of aryl methyl sites for hydroxylation is 2. The van der Waals surface area contributed by atoms with Gasteiger partial charge in [-0.05, 0) is 56.2 Å². The molecule has 0 N–H and O–H groups in total. The zero-order valence-electron chi connectivity index (χ0n) is 14.8. The van der Waals surface area contributed by atoms with Crippen LogP contribution in [0.5, 0.6) is 0 Å². The molecule has 2 aromatic heterocycles. The lowest BCUT2D eigenvalue weighted by Crippen LogP contribution is -2.37. The second-order valence-corrected chi connectivity index (χ2v) is 6.25. The molecule has 3 rings (SSSR count). The minimum Gasteiger partial charge on any atom is -0.318 e. The van der Waals surface area contributed by atoms with Crippen molar-refractivity contribution in [3.63, 3.8) is 0 Å². The van der Waals surface area contributed by atoms with Crippen LogP contribution >= 0.6 is 0 Å². The number of nitrogens with zero attached hydrogens (tertiary/aromatic N) is 2. The lowest BCUT2D eigenvalue weighted by atomic mass is 10.1. The molecule has 0 spiro atoms. The van der Waals surface area contributed by atoms with Gasteiger partial charge in [-0.25, -0.2) is 4.39 Å². The Morgan fingerprint density at radius 3 is 2.32 bits per heavy atom. The first-order valence-corrected chi connectivity index (χ1v) is 8.45. The Morgan fingerprint density at radius 1 is 1.08 bits per heavy atom. The number of benzene rings is 1. The van der Waals surface area contributed by atoms with Crippen LogP contribution in [0, 0.1) is 19.7 Å². The number of rotatable bonds is 5. The SMILES string of the molecule is CCc1cc[n+](CC(=O)c2cc(C)n(-c3ccc(F)cc3)c2C)cc1. The highest BCUT2D eigenvalue weighted by atomic mass is 19.1. The molecule has 3 nitrogen and oxygen atoms in total. The van der Waals surface area contributed by atoms with E-state index in [2.05, 4.69) is 6.92 Å². The molecule has 0 unspecified atom stereocenters. The molecule has 0 bridgehead atoms. The Balaban J connectivity index is 1.88. The van der Waals surface area contributed by atoms with Crippen LogP contribution in [0.4, 0.5) is 4.39 Å². The standard InChI is InChI=1S/C21H22FN2O/c1-4-17-9-11-23(12-10-17)14-21(25)20-13-15(2)24(16(20)3)19-7-5-18(22)6-8-19/h5-13H,4,14H2,1-3H3/q+1. The van der Waals surface area contributed by atoms with E-state index < -0.39 is 0 Å². The smallest absolute Gasteiger partial charge is 0.229 e. The molecule has 0 radical (unpaired) electrons. The summed E-state index contributed by atoms with van der Waals surface area (Å²) >= 11 is 0. The van der Waals surface area contributed by atoms with Crippen LogP contribution in [0.3, 0.4) is 0 Å². The summed E-state index contributed by atoms with van der Waals surface area (Å²) in [6.07, 6.45) is 4.86. The van der Waals surface area contributed by atoms with Gasteiger partial charge in [0, 0.05) is 34.8 Å². The third-order valence-electron chi connectivity index (χ3n) is 4.51. The molecular weight excluding hydrogens is 315 g/mol. The van der Waals surface area contributed by atoms with Crippen molar-refractivity contribution in [3.8, 4) is 5.69 Å². The molecule has 0 saturated carbocycles. The highest BCUT2D eigenvalue weighted by Gasteiger charge is 2.19. The van der Waals surface area contributed by atoms with Crippen molar-refractivity contribution in [2.45, 2.75) is 33.7 Å². The number of carbonyl (C=O) groups is 1. The first kappa shape index (κ1) is 17.1. The van der Waals surface area contributed by atoms with Crippen molar-refractivity contribution < 1.29 is 13.8 Å². The van der Waals surface area contributed by atoms with E-state index in [0.29, 0.717) is 12.1 Å². The molecule has 1 aromatic carbocycles. The number of carbonyl (C=O) groups excluding carboxylic acids is 1. The number of Topliss-reactive ketones (excluding diaryl/α,β-unsaturated/α-hetero) is 1. The van der Waals surface area contributed by atoms with Crippen LogP contribution in [-0.4, -0.2) is 10.4 Å². The normalized spacial score (nSPS) is 10.9. The van der Waals surface area contributed by atoms with Crippen molar-refractivity contribution in [2.75, 3.05) is 0 Å². The maximum absolute atomic E-state index is 13.2. The average molecular weight is 337 g/mol. The fourth-order valence-electron chi connectivity index (χ4n) is 3.11. The molecule has 4 heteroatoms. The monoisotopic (exact) mass is 337 g/mol. The van der Waals surface area contributed by atoms with Gasteiger partial charge in [-0.2, -0.15) is 4.57 Å². The number of hydrogen-bond donors (Lipinski definition) is 0. The number of pyridine rings is 1. The lowest BCUT2D eigenvalue weighted by molar-refractivity contribution is -0.683. The lowest BCUT2D eigenvalue weighted by Gasteiger charge is -2.09. The zero-order chi connectivity index (χ0) is 18.0. The summed E-state index contributed by atoms with van der Waals surface area (Å²) in [5.74, 6) is -0.204. The van der Waals surface area contributed by atoms with Gasteiger partial charge < -0.3 is 4.57 Å². The van der Waals surface area contributed by atoms with Gasteiger partial charge in [-0.1, -0.05) is 6.92 Å². The Bertz CT molecular complexity index is 893. The quantitative estimate of drug-likeness (QED) is 0.511. The summed E-state index contributed by atoms with van der Waals surface area (Å²) < 4.78 is 17.0. The van der Waals surface area contributed by atoms with Crippen LogP contribution in [0.1, 0.15) is 34.2 Å². The van der Waals surface area contributed by atoms with Crippen LogP contribution in [-0.2, 0) is 13.0 Å². The number of ketones is 1. The molecule has 2 heterocycles. The van der Waals surface area contributed by atoms with Crippen molar-refractivity contribution in [1.29, 1.82) is 0 Å². The molecule has 0 aliphatic rings. The summed E-state index contributed by atoms with van der Waals surface area (Å²) in [5.41, 5.74) is 4.64. The molecule has 0 atom stereocenters. The van der Waals surface area contributed by atoms with E-state index in [1.807, 2.05) is 53.6 Å². The molecule has 0 aliphatic heterocycles. The fraction of sp³-hybridized carbons (Fsp3) is 0.238. The molecule has 3 aromatic rings. The molecule has 128 valence electrons. The van der Waals surface area contributed by atoms with Crippen LogP contribution in [0.15, 0.2) is 54.9 Å². The van der Waals surface area contributed by atoms with Gasteiger partial charge >= 0.3 is 0 Å². The topological polar surface area (TPSA) is 25.9 Å². The Kier molecular flexibility index (Phi) is 4.79. The Labute approximate surface area is 147 Å². The molecule has 0 amide bonds. The highest BCUT2D eigenvalue weighted by molar-refractivity contribution is 5.96. The van der Waals surface area contributed by atoms with E-state index in [1.165, 1.54) is 17.7 Å². The third-order valence-corrected chi connectivity index (χ3v) is 4.51. The summed E-state index contributed by atoms with van der Waals surface area (Å²) in [6.45, 7) is 6.29. The predicted octanol–water partition coefficient (Wildman–Crippen LogP) is 3.97. The van der Waals surface area contributed by atoms with Crippen molar-refractivity contribution in [1.82, 2.24) is 4.57 Å². The Morgan fingerprint density at radius 2 is 1.72 bits per heavy atom. The molecule has 0 aliphatic carbocycles. The third kappa shape index (κ3) is 3.53. The van der Waals surface area contributed by atoms with Crippen molar-refractivity contribution >= 4 is 5.78 Å². The number of halogens is 1. The van der Waals surface area contributed by atoms with E-state index in [1.54, 1.807) is 12.1 Å². The largest absolute Gasteiger partial charge is 0.318 e. The zero-order valence-corrected chi connectivity index (χ0v) is 14.8. The minimum absolute atomic E-state index is 0.0655. The predicted molar refractivity (Wildman–Crippen MR) is 95.5 cm³/mol.